The Morgan fingerprint density at radius 1 is 1.27 bits per heavy atom. The van der Waals surface area contributed by atoms with Gasteiger partial charge in [0.2, 0.25) is 0 Å². The van der Waals surface area contributed by atoms with Crippen LogP contribution in [0, 0.1) is 0 Å². The van der Waals surface area contributed by atoms with Gasteiger partial charge in [0.15, 0.2) is 0 Å². The van der Waals surface area contributed by atoms with Gasteiger partial charge in [-0.1, -0.05) is 0 Å². The van der Waals surface area contributed by atoms with E-state index in [9.17, 15) is 0 Å². The van der Waals surface area contributed by atoms with Crippen LogP contribution < -0.4 is 0 Å². The lowest BCUT2D eigenvalue weighted by atomic mass is 10.2. The summed E-state index contributed by atoms with van der Waals surface area (Å²) in [4.78, 5) is 2.47. The van der Waals surface area contributed by atoms with Gasteiger partial charge in [-0.25, -0.2) is 0 Å². The SMILES string of the molecule is CC(C)N(C[C@@H]1CO1)C(C)C. The van der Waals surface area contributed by atoms with Crippen molar-refractivity contribution in [2.24, 2.45) is 0 Å². The van der Waals surface area contributed by atoms with Crippen LogP contribution in [0.15, 0.2) is 0 Å². The minimum atomic E-state index is 0.528. The van der Waals surface area contributed by atoms with Gasteiger partial charge in [0, 0.05) is 18.6 Å². The first-order valence-corrected chi connectivity index (χ1v) is 4.48. The van der Waals surface area contributed by atoms with E-state index in [1.807, 2.05) is 0 Å². The fourth-order valence-electron chi connectivity index (χ4n) is 1.43. The Bertz CT molecular complexity index is 111. The van der Waals surface area contributed by atoms with E-state index in [1.165, 1.54) is 0 Å². The third kappa shape index (κ3) is 2.80. The fraction of sp³-hybridized carbons (Fsp3) is 1.00. The maximum Gasteiger partial charge on any atom is 0.0936 e. The van der Waals surface area contributed by atoms with Gasteiger partial charge in [-0.15, -0.1) is 0 Å². The van der Waals surface area contributed by atoms with Gasteiger partial charge >= 0.3 is 0 Å². The first-order valence-electron chi connectivity index (χ1n) is 4.48. The predicted octanol–water partition coefficient (Wildman–Crippen LogP) is 1.50. The summed E-state index contributed by atoms with van der Waals surface area (Å²) in [5.74, 6) is 0. The molecule has 1 atom stereocenters. The zero-order valence-electron chi connectivity index (χ0n) is 8.00. The summed E-state index contributed by atoms with van der Waals surface area (Å²) in [5, 5.41) is 0. The van der Waals surface area contributed by atoms with Crippen molar-refractivity contribution in [3.8, 4) is 0 Å². The minimum absolute atomic E-state index is 0.528. The van der Waals surface area contributed by atoms with Crippen LogP contribution in [-0.4, -0.2) is 36.2 Å². The molecule has 1 aliphatic rings. The van der Waals surface area contributed by atoms with Crippen LogP contribution in [0.5, 0.6) is 0 Å². The normalized spacial score (nSPS) is 23.7. The summed E-state index contributed by atoms with van der Waals surface area (Å²) in [6, 6.07) is 1.28. The summed E-state index contributed by atoms with van der Waals surface area (Å²) in [5.41, 5.74) is 0. The van der Waals surface area contributed by atoms with Crippen molar-refractivity contribution in [2.45, 2.75) is 45.9 Å². The molecule has 2 nitrogen and oxygen atoms in total. The maximum atomic E-state index is 5.20. The fourth-order valence-corrected chi connectivity index (χ4v) is 1.43. The van der Waals surface area contributed by atoms with Crippen molar-refractivity contribution in [3.63, 3.8) is 0 Å². The molecule has 0 aliphatic carbocycles. The molecule has 11 heavy (non-hydrogen) atoms. The highest BCUT2D eigenvalue weighted by atomic mass is 16.6. The Hall–Kier alpha value is -0.0800. The second kappa shape index (κ2) is 3.55. The van der Waals surface area contributed by atoms with Gasteiger partial charge in [0.25, 0.3) is 0 Å². The van der Waals surface area contributed by atoms with Gasteiger partial charge in [0.1, 0.15) is 0 Å². The van der Waals surface area contributed by atoms with E-state index in [0.717, 1.165) is 13.2 Å². The number of epoxide rings is 1. The molecule has 1 fully saturated rings. The number of hydrogen-bond acceptors (Lipinski definition) is 2. The second-order valence-corrected chi connectivity index (χ2v) is 3.84. The van der Waals surface area contributed by atoms with Crippen LogP contribution >= 0.6 is 0 Å². The molecule has 66 valence electrons. The van der Waals surface area contributed by atoms with Crippen LogP contribution in [0.3, 0.4) is 0 Å². The van der Waals surface area contributed by atoms with E-state index >= 15 is 0 Å². The molecule has 1 rings (SSSR count). The lowest BCUT2D eigenvalue weighted by molar-refractivity contribution is 0.159. The summed E-state index contributed by atoms with van der Waals surface area (Å²) in [7, 11) is 0. The molecular weight excluding hydrogens is 138 g/mol. The van der Waals surface area contributed by atoms with E-state index in [2.05, 4.69) is 32.6 Å². The van der Waals surface area contributed by atoms with Crippen LogP contribution in [0.1, 0.15) is 27.7 Å². The van der Waals surface area contributed by atoms with Crippen molar-refractivity contribution in [2.75, 3.05) is 13.2 Å². The molecule has 0 aromatic heterocycles. The zero-order chi connectivity index (χ0) is 8.43. The Morgan fingerprint density at radius 3 is 2.00 bits per heavy atom. The number of ether oxygens (including phenoxy) is 1. The largest absolute Gasteiger partial charge is 0.372 e. The smallest absolute Gasteiger partial charge is 0.0936 e. The van der Waals surface area contributed by atoms with E-state index in [1.54, 1.807) is 0 Å². The number of rotatable bonds is 4. The third-order valence-electron chi connectivity index (χ3n) is 2.14. The molecule has 0 unspecified atom stereocenters. The molecule has 0 aromatic carbocycles. The highest BCUT2D eigenvalue weighted by Gasteiger charge is 2.27. The molecule has 0 radical (unpaired) electrons. The lowest BCUT2D eigenvalue weighted by Crippen LogP contribution is -2.39. The monoisotopic (exact) mass is 157 g/mol. The quantitative estimate of drug-likeness (QED) is 0.575. The van der Waals surface area contributed by atoms with Crippen molar-refractivity contribution in [1.29, 1.82) is 0 Å². The van der Waals surface area contributed by atoms with Gasteiger partial charge in [-0.05, 0) is 27.7 Å². The van der Waals surface area contributed by atoms with Gasteiger partial charge in [-0.2, -0.15) is 0 Å². The Morgan fingerprint density at radius 2 is 1.73 bits per heavy atom. The topological polar surface area (TPSA) is 15.8 Å². The summed E-state index contributed by atoms with van der Waals surface area (Å²) in [6.45, 7) is 11.0. The van der Waals surface area contributed by atoms with Crippen molar-refractivity contribution >= 4 is 0 Å². The zero-order valence-corrected chi connectivity index (χ0v) is 8.00. The molecule has 0 bridgehead atoms. The minimum Gasteiger partial charge on any atom is -0.372 e. The maximum absolute atomic E-state index is 5.20. The first-order chi connectivity index (χ1) is 5.11. The van der Waals surface area contributed by atoms with E-state index < -0.39 is 0 Å². The van der Waals surface area contributed by atoms with Crippen molar-refractivity contribution in [1.82, 2.24) is 4.90 Å². The highest BCUT2D eigenvalue weighted by molar-refractivity contribution is 4.78. The molecule has 0 amide bonds. The Labute approximate surface area is 69.5 Å². The molecule has 0 spiro atoms. The van der Waals surface area contributed by atoms with Crippen LogP contribution in [0.25, 0.3) is 0 Å². The Kier molecular flexibility index (Phi) is 2.90. The number of hydrogen-bond donors (Lipinski definition) is 0. The highest BCUT2D eigenvalue weighted by Crippen LogP contribution is 2.14. The van der Waals surface area contributed by atoms with Crippen LogP contribution in [0.4, 0.5) is 0 Å². The molecule has 2 heteroatoms. The summed E-state index contributed by atoms with van der Waals surface area (Å²) >= 11 is 0. The van der Waals surface area contributed by atoms with Crippen molar-refractivity contribution in [3.05, 3.63) is 0 Å². The van der Waals surface area contributed by atoms with Crippen molar-refractivity contribution < 1.29 is 4.74 Å². The molecule has 1 aliphatic heterocycles. The molecular formula is C9H19NO. The summed E-state index contributed by atoms with van der Waals surface area (Å²) in [6.07, 6.45) is 0.528. The molecule has 0 saturated carbocycles. The van der Waals surface area contributed by atoms with Gasteiger partial charge < -0.3 is 4.74 Å². The standard InChI is InChI=1S/C9H19NO/c1-7(2)10(8(3)4)5-9-6-11-9/h7-9H,5-6H2,1-4H3/t9-/m1/s1. The average molecular weight is 157 g/mol. The summed E-state index contributed by atoms with van der Waals surface area (Å²) < 4.78 is 5.20. The van der Waals surface area contributed by atoms with Crippen LogP contribution in [0.2, 0.25) is 0 Å². The third-order valence-corrected chi connectivity index (χ3v) is 2.14. The van der Waals surface area contributed by atoms with E-state index in [-0.39, 0.29) is 0 Å². The molecule has 1 saturated heterocycles. The Balaban J connectivity index is 2.31. The predicted molar refractivity (Wildman–Crippen MR) is 46.7 cm³/mol. The van der Waals surface area contributed by atoms with E-state index in [0.29, 0.717) is 18.2 Å². The van der Waals surface area contributed by atoms with Gasteiger partial charge in [0.05, 0.1) is 12.7 Å². The van der Waals surface area contributed by atoms with E-state index in [4.69, 9.17) is 4.74 Å². The molecule has 0 N–H and O–H groups in total. The second-order valence-electron chi connectivity index (χ2n) is 3.84. The molecule has 1 heterocycles. The average Bonchev–Trinajstić information content (AvgIpc) is 2.63. The number of nitrogens with zero attached hydrogens (tertiary/aromatic N) is 1. The first kappa shape index (κ1) is 9.01. The van der Waals surface area contributed by atoms with Gasteiger partial charge in [-0.3, -0.25) is 4.90 Å². The molecule has 0 aromatic rings. The van der Waals surface area contributed by atoms with Crippen LogP contribution in [-0.2, 0) is 4.74 Å². The lowest BCUT2D eigenvalue weighted by Gasteiger charge is -2.29.